The summed E-state index contributed by atoms with van der Waals surface area (Å²) in [6.45, 7) is 3.03. The number of hydrogen-bond acceptors (Lipinski definition) is 4. The minimum absolute atomic E-state index is 0.0203. The minimum atomic E-state index is -0.0203. The fourth-order valence-electron chi connectivity index (χ4n) is 3.70. The Balaban J connectivity index is 1.68. The number of nitrogens with two attached hydrogens (primary N) is 1. The summed E-state index contributed by atoms with van der Waals surface area (Å²) >= 11 is 0. The topological polar surface area (TPSA) is 72.9 Å². The molecule has 0 amide bonds. The van der Waals surface area contributed by atoms with Gasteiger partial charge in [0.15, 0.2) is 5.43 Å². The summed E-state index contributed by atoms with van der Waals surface area (Å²) in [4.78, 5) is 17.2. The Morgan fingerprint density at radius 2 is 2.00 bits per heavy atom. The molecule has 5 heteroatoms. The van der Waals surface area contributed by atoms with Gasteiger partial charge in [-0.1, -0.05) is 24.3 Å². The van der Waals surface area contributed by atoms with Gasteiger partial charge in [0.2, 0.25) is 0 Å². The molecule has 2 aromatic heterocycles. The Kier molecular flexibility index (Phi) is 4.01. The van der Waals surface area contributed by atoms with Crippen LogP contribution >= 0.6 is 0 Å². The molecular formula is C20H22N4O. The zero-order chi connectivity index (χ0) is 17.4. The highest BCUT2D eigenvalue weighted by molar-refractivity contribution is 5.79. The highest BCUT2D eigenvalue weighted by Gasteiger charge is 2.21. The summed E-state index contributed by atoms with van der Waals surface area (Å²) < 4.78 is 1.98. The smallest absolute Gasteiger partial charge is 0.195 e. The molecule has 3 N–H and O–H groups in total. The van der Waals surface area contributed by atoms with Gasteiger partial charge in [-0.25, -0.2) is 4.98 Å². The number of rotatable bonds is 4. The van der Waals surface area contributed by atoms with Crippen LogP contribution in [0.1, 0.15) is 23.6 Å². The SMILES string of the molecule is CCn1cc(CN)c(=O)c2cc(NC3Cc4ccccc4C3)cnc21. The van der Waals surface area contributed by atoms with Gasteiger partial charge in [-0.15, -0.1) is 0 Å². The van der Waals surface area contributed by atoms with Crippen molar-refractivity contribution in [2.24, 2.45) is 5.73 Å². The molecule has 4 rings (SSSR count). The van der Waals surface area contributed by atoms with Crippen LogP contribution in [0.25, 0.3) is 11.0 Å². The third-order valence-electron chi connectivity index (χ3n) is 4.97. The van der Waals surface area contributed by atoms with Gasteiger partial charge in [0.1, 0.15) is 5.65 Å². The molecule has 0 unspecified atom stereocenters. The average molecular weight is 334 g/mol. The molecule has 1 aliphatic carbocycles. The quantitative estimate of drug-likeness (QED) is 0.769. The van der Waals surface area contributed by atoms with Crippen LogP contribution in [-0.4, -0.2) is 15.6 Å². The number of aromatic nitrogens is 2. The van der Waals surface area contributed by atoms with Gasteiger partial charge < -0.3 is 15.6 Å². The number of fused-ring (bicyclic) bond motifs is 2. The lowest BCUT2D eigenvalue weighted by molar-refractivity contribution is 0.762. The first-order chi connectivity index (χ1) is 12.2. The van der Waals surface area contributed by atoms with E-state index < -0.39 is 0 Å². The van der Waals surface area contributed by atoms with Crippen LogP contribution in [0.5, 0.6) is 0 Å². The fraction of sp³-hybridized carbons (Fsp3) is 0.300. The van der Waals surface area contributed by atoms with Crippen LogP contribution in [0.4, 0.5) is 5.69 Å². The molecule has 0 saturated heterocycles. The molecule has 128 valence electrons. The van der Waals surface area contributed by atoms with E-state index in [1.807, 2.05) is 30.0 Å². The van der Waals surface area contributed by atoms with E-state index in [9.17, 15) is 4.79 Å². The van der Waals surface area contributed by atoms with E-state index >= 15 is 0 Å². The summed E-state index contributed by atoms with van der Waals surface area (Å²) in [5, 5.41) is 4.17. The third kappa shape index (κ3) is 2.81. The highest BCUT2D eigenvalue weighted by atomic mass is 16.1. The summed E-state index contributed by atoms with van der Waals surface area (Å²) in [7, 11) is 0. The van der Waals surface area contributed by atoms with Gasteiger partial charge >= 0.3 is 0 Å². The number of pyridine rings is 2. The van der Waals surface area contributed by atoms with Crippen molar-refractivity contribution in [2.45, 2.75) is 38.9 Å². The largest absolute Gasteiger partial charge is 0.380 e. The number of nitrogens with one attached hydrogen (secondary N) is 1. The predicted octanol–water partition coefficient (Wildman–Crippen LogP) is 2.45. The van der Waals surface area contributed by atoms with Crippen molar-refractivity contribution in [3.8, 4) is 0 Å². The lowest BCUT2D eigenvalue weighted by Gasteiger charge is -2.15. The first-order valence-corrected chi connectivity index (χ1v) is 8.75. The molecule has 0 spiro atoms. The normalized spacial score (nSPS) is 14.0. The number of benzene rings is 1. The molecule has 0 atom stereocenters. The average Bonchev–Trinajstić information content (AvgIpc) is 3.04. The second-order valence-corrected chi connectivity index (χ2v) is 6.59. The molecule has 3 aromatic rings. The van der Waals surface area contributed by atoms with Gasteiger partial charge in [-0.3, -0.25) is 4.79 Å². The number of anilines is 1. The standard InChI is InChI=1S/C20H22N4O/c1-2-24-12-15(10-21)19(25)18-9-17(11-22-20(18)24)23-16-7-13-5-3-4-6-14(13)8-16/h3-6,9,11-12,16,23H,2,7-8,10,21H2,1H3. The number of aryl methyl sites for hydroxylation is 1. The van der Waals surface area contributed by atoms with Gasteiger partial charge in [0, 0.05) is 30.9 Å². The van der Waals surface area contributed by atoms with E-state index in [0.717, 1.165) is 25.1 Å². The molecule has 0 radical (unpaired) electrons. The van der Waals surface area contributed by atoms with E-state index in [4.69, 9.17) is 5.73 Å². The summed E-state index contributed by atoms with van der Waals surface area (Å²) in [6.07, 6.45) is 5.63. The third-order valence-corrected chi connectivity index (χ3v) is 4.97. The second-order valence-electron chi connectivity index (χ2n) is 6.59. The molecule has 25 heavy (non-hydrogen) atoms. The van der Waals surface area contributed by atoms with Crippen molar-refractivity contribution in [1.82, 2.24) is 9.55 Å². The van der Waals surface area contributed by atoms with E-state index in [-0.39, 0.29) is 12.0 Å². The van der Waals surface area contributed by atoms with E-state index in [0.29, 0.717) is 22.6 Å². The van der Waals surface area contributed by atoms with Crippen molar-refractivity contribution in [2.75, 3.05) is 5.32 Å². The van der Waals surface area contributed by atoms with Crippen LogP contribution in [0.2, 0.25) is 0 Å². The lowest BCUT2D eigenvalue weighted by atomic mass is 10.1. The van der Waals surface area contributed by atoms with Crippen molar-refractivity contribution in [3.63, 3.8) is 0 Å². The maximum Gasteiger partial charge on any atom is 0.195 e. The number of nitrogens with zero attached hydrogens (tertiary/aromatic N) is 2. The molecule has 0 fully saturated rings. The van der Waals surface area contributed by atoms with Crippen LogP contribution in [0.15, 0.2) is 47.5 Å². The van der Waals surface area contributed by atoms with Gasteiger partial charge in [0.25, 0.3) is 0 Å². The summed E-state index contributed by atoms with van der Waals surface area (Å²) in [5.74, 6) is 0. The Labute approximate surface area is 146 Å². The Morgan fingerprint density at radius 1 is 1.28 bits per heavy atom. The molecule has 5 nitrogen and oxygen atoms in total. The van der Waals surface area contributed by atoms with Crippen molar-refractivity contribution >= 4 is 16.7 Å². The first-order valence-electron chi connectivity index (χ1n) is 8.75. The van der Waals surface area contributed by atoms with Gasteiger partial charge in [0.05, 0.1) is 17.3 Å². The highest BCUT2D eigenvalue weighted by Crippen LogP contribution is 2.25. The molecule has 0 bridgehead atoms. The Bertz CT molecular complexity index is 968. The molecular weight excluding hydrogens is 312 g/mol. The first kappa shape index (κ1) is 15.8. The van der Waals surface area contributed by atoms with Crippen molar-refractivity contribution < 1.29 is 0 Å². The zero-order valence-corrected chi connectivity index (χ0v) is 14.3. The van der Waals surface area contributed by atoms with Crippen molar-refractivity contribution in [3.05, 3.63) is 69.6 Å². The van der Waals surface area contributed by atoms with E-state index in [1.54, 1.807) is 0 Å². The van der Waals surface area contributed by atoms with Gasteiger partial charge in [-0.05, 0) is 37.0 Å². The Morgan fingerprint density at radius 3 is 2.64 bits per heavy atom. The van der Waals surface area contributed by atoms with Crippen molar-refractivity contribution in [1.29, 1.82) is 0 Å². The maximum absolute atomic E-state index is 12.6. The van der Waals surface area contributed by atoms with Crippen LogP contribution < -0.4 is 16.5 Å². The minimum Gasteiger partial charge on any atom is -0.380 e. The van der Waals surface area contributed by atoms with Crippen LogP contribution in [0.3, 0.4) is 0 Å². The van der Waals surface area contributed by atoms with Crippen LogP contribution in [-0.2, 0) is 25.9 Å². The maximum atomic E-state index is 12.6. The fourth-order valence-corrected chi connectivity index (χ4v) is 3.70. The number of hydrogen-bond donors (Lipinski definition) is 2. The molecule has 1 aromatic carbocycles. The van der Waals surface area contributed by atoms with Gasteiger partial charge in [-0.2, -0.15) is 0 Å². The van der Waals surface area contributed by atoms with Crippen LogP contribution in [0, 0.1) is 0 Å². The monoisotopic (exact) mass is 334 g/mol. The molecule has 0 aliphatic heterocycles. The molecule has 1 aliphatic rings. The Hall–Kier alpha value is -2.66. The lowest BCUT2D eigenvalue weighted by Crippen LogP contribution is -2.21. The summed E-state index contributed by atoms with van der Waals surface area (Å²) in [6, 6.07) is 10.8. The van der Waals surface area contributed by atoms with E-state index in [1.165, 1.54) is 11.1 Å². The second kappa shape index (κ2) is 6.33. The predicted molar refractivity (Wildman–Crippen MR) is 101 cm³/mol. The molecule has 2 heterocycles. The zero-order valence-electron chi connectivity index (χ0n) is 14.3. The van der Waals surface area contributed by atoms with E-state index in [2.05, 4.69) is 34.6 Å². The molecule has 0 saturated carbocycles. The summed E-state index contributed by atoms with van der Waals surface area (Å²) in [5.41, 5.74) is 10.7.